The van der Waals surface area contributed by atoms with Crippen molar-refractivity contribution in [3.63, 3.8) is 0 Å². The molecule has 0 aliphatic rings. The van der Waals surface area contributed by atoms with Gasteiger partial charge in [-0.05, 0) is 6.42 Å². The van der Waals surface area contributed by atoms with Gasteiger partial charge in [-0.2, -0.15) is 0 Å². The molecule has 0 saturated heterocycles. The van der Waals surface area contributed by atoms with E-state index in [-0.39, 0.29) is 12.4 Å². The highest BCUT2D eigenvalue weighted by Gasteiger charge is 1.89. The Kier molecular flexibility index (Phi) is 17.0. The second kappa shape index (κ2) is 13.8. The number of rotatable bonds is 8. The number of halogens is 1. The van der Waals surface area contributed by atoms with E-state index in [1.807, 2.05) is 0 Å². The minimum atomic E-state index is 0. The van der Waals surface area contributed by atoms with Gasteiger partial charge in [0.05, 0.1) is 0 Å². The number of aliphatic hydroxyl groups is 1. The molecule has 1 nitrogen and oxygen atoms in total. The van der Waals surface area contributed by atoms with Crippen LogP contribution in [0.4, 0.5) is 0 Å². The van der Waals surface area contributed by atoms with E-state index in [9.17, 15) is 0 Å². The van der Waals surface area contributed by atoms with Crippen molar-refractivity contribution in [2.24, 2.45) is 0 Å². The van der Waals surface area contributed by atoms with Gasteiger partial charge in [-0.25, -0.2) is 0 Å². The monoisotopic (exact) mass is 194 g/mol. The largest absolute Gasteiger partial charge is 0.396 e. The molecular weight excluding hydrogens is 172 g/mol. The zero-order chi connectivity index (χ0) is 8.36. The fourth-order valence-electron chi connectivity index (χ4n) is 1.25. The Morgan fingerprint density at radius 3 is 1.58 bits per heavy atom. The molecule has 0 atom stereocenters. The summed E-state index contributed by atoms with van der Waals surface area (Å²) in [4.78, 5) is 0. The number of hydrogen-bond acceptors (Lipinski definition) is 1. The third kappa shape index (κ3) is 12.9. The van der Waals surface area contributed by atoms with Crippen LogP contribution in [0.3, 0.4) is 0 Å². The molecule has 0 bridgehead atoms. The molecule has 0 aromatic heterocycles. The molecule has 0 heterocycles. The lowest BCUT2D eigenvalue weighted by Gasteiger charge is -1.98. The van der Waals surface area contributed by atoms with Crippen LogP contribution in [-0.4, -0.2) is 11.7 Å². The summed E-state index contributed by atoms with van der Waals surface area (Å²) in [7, 11) is 0. The average Bonchev–Trinajstić information content (AvgIpc) is 2.03. The van der Waals surface area contributed by atoms with Crippen LogP contribution in [0.15, 0.2) is 0 Å². The van der Waals surface area contributed by atoms with E-state index in [2.05, 4.69) is 6.92 Å². The lowest BCUT2D eigenvalue weighted by Crippen LogP contribution is -1.83. The predicted molar refractivity (Wildman–Crippen MR) is 56.9 cm³/mol. The van der Waals surface area contributed by atoms with Gasteiger partial charge in [-0.15, -0.1) is 12.4 Å². The van der Waals surface area contributed by atoms with Crippen molar-refractivity contribution in [1.82, 2.24) is 0 Å². The molecule has 0 aromatic carbocycles. The van der Waals surface area contributed by atoms with E-state index in [0.29, 0.717) is 6.61 Å². The van der Waals surface area contributed by atoms with Crippen molar-refractivity contribution in [2.45, 2.75) is 58.3 Å². The Balaban J connectivity index is 0. The van der Waals surface area contributed by atoms with Crippen molar-refractivity contribution >= 4 is 12.4 Å². The van der Waals surface area contributed by atoms with Crippen LogP contribution >= 0.6 is 12.4 Å². The van der Waals surface area contributed by atoms with Crippen molar-refractivity contribution in [2.75, 3.05) is 6.61 Å². The van der Waals surface area contributed by atoms with Gasteiger partial charge in [0, 0.05) is 6.61 Å². The molecule has 0 saturated carbocycles. The Morgan fingerprint density at radius 2 is 1.17 bits per heavy atom. The van der Waals surface area contributed by atoms with Crippen LogP contribution in [-0.2, 0) is 0 Å². The van der Waals surface area contributed by atoms with Gasteiger partial charge in [0.15, 0.2) is 0 Å². The quantitative estimate of drug-likeness (QED) is 0.586. The van der Waals surface area contributed by atoms with Crippen LogP contribution in [0, 0.1) is 0 Å². The molecule has 0 amide bonds. The van der Waals surface area contributed by atoms with Crippen LogP contribution in [0.5, 0.6) is 0 Å². The molecule has 12 heavy (non-hydrogen) atoms. The second-order valence-corrected chi connectivity index (χ2v) is 3.20. The topological polar surface area (TPSA) is 20.2 Å². The summed E-state index contributed by atoms with van der Waals surface area (Å²) >= 11 is 0. The zero-order valence-electron chi connectivity index (χ0n) is 8.22. The van der Waals surface area contributed by atoms with Crippen LogP contribution < -0.4 is 0 Å². The number of hydrogen-bond donors (Lipinski definition) is 1. The van der Waals surface area contributed by atoms with Crippen molar-refractivity contribution < 1.29 is 5.11 Å². The fourth-order valence-corrected chi connectivity index (χ4v) is 1.25. The van der Waals surface area contributed by atoms with Gasteiger partial charge in [0.2, 0.25) is 0 Å². The average molecular weight is 195 g/mol. The first-order chi connectivity index (χ1) is 5.41. The molecule has 0 radical (unpaired) electrons. The molecule has 76 valence electrons. The predicted octanol–water partition coefficient (Wildman–Crippen LogP) is 3.54. The van der Waals surface area contributed by atoms with Crippen LogP contribution in [0.25, 0.3) is 0 Å². The maximum absolute atomic E-state index is 8.51. The third-order valence-electron chi connectivity index (χ3n) is 2.01. The summed E-state index contributed by atoms with van der Waals surface area (Å²) in [6, 6.07) is 0. The van der Waals surface area contributed by atoms with Gasteiger partial charge in [0.1, 0.15) is 0 Å². The highest BCUT2D eigenvalue weighted by Crippen LogP contribution is 2.07. The van der Waals surface area contributed by atoms with Gasteiger partial charge >= 0.3 is 0 Å². The molecule has 0 aliphatic carbocycles. The Bertz CT molecular complexity index is 58.9. The minimum Gasteiger partial charge on any atom is -0.396 e. The molecule has 1 N–H and O–H groups in total. The first kappa shape index (κ1) is 14.8. The zero-order valence-corrected chi connectivity index (χ0v) is 9.04. The number of aliphatic hydroxyl groups excluding tert-OH is 1. The van der Waals surface area contributed by atoms with Gasteiger partial charge in [0.25, 0.3) is 0 Å². The van der Waals surface area contributed by atoms with E-state index >= 15 is 0 Å². The lowest BCUT2D eigenvalue weighted by atomic mass is 10.1. The summed E-state index contributed by atoms with van der Waals surface area (Å²) < 4.78 is 0. The van der Waals surface area contributed by atoms with E-state index in [4.69, 9.17) is 5.11 Å². The summed E-state index contributed by atoms with van der Waals surface area (Å²) in [5.74, 6) is 0. The molecule has 0 rings (SSSR count). The molecule has 0 spiro atoms. The highest BCUT2D eigenvalue weighted by atomic mass is 35.5. The third-order valence-corrected chi connectivity index (χ3v) is 2.01. The molecule has 0 fully saturated rings. The Morgan fingerprint density at radius 1 is 0.750 bits per heavy atom. The Hall–Kier alpha value is 0.250. The highest BCUT2D eigenvalue weighted by molar-refractivity contribution is 5.85. The van der Waals surface area contributed by atoms with E-state index in [0.717, 1.165) is 6.42 Å². The molecule has 0 aliphatic heterocycles. The van der Waals surface area contributed by atoms with Gasteiger partial charge in [-0.3, -0.25) is 0 Å². The molecular formula is C10H23ClO. The molecule has 2 heteroatoms. The maximum atomic E-state index is 8.51. The first-order valence-electron chi connectivity index (χ1n) is 5.02. The van der Waals surface area contributed by atoms with Crippen molar-refractivity contribution in [3.05, 3.63) is 0 Å². The summed E-state index contributed by atoms with van der Waals surface area (Å²) in [6.45, 7) is 2.61. The Labute approximate surface area is 83.0 Å². The maximum Gasteiger partial charge on any atom is 0.0431 e. The lowest BCUT2D eigenvalue weighted by molar-refractivity contribution is 0.282. The molecule has 0 aromatic rings. The van der Waals surface area contributed by atoms with Gasteiger partial charge in [-0.1, -0.05) is 51.9 Å². The summed E-state index contributed by atoms with van der Waals surface area (Å²) in [5.41, 5.74) is 0. The second-order valence-electron chi connectivity index (χ2n) is 3.20. The SMILES string of the molecule is CCCCCCCCCCO.Cl. The summed E-state index contributed by atoms with van der Waals surface area (Å²) in [5, 5.41) is 8.51. The minimum absolute atomic E-state index is 0. The van der Waals surface area contributed by atoms with E-state index < -0.39 is 0 Å². The number of unbranched alkanes of at least 4 members (excludes halogenated alkanes) is 7. The van der Waals surface area contributed by atoms with Gasteiger partial charge < -0.3 is 5.11 Å². The van der Waals surface area contributed by atoms with Crippen molar-refractivity contribution in [3.8, 4) is 0 Å². The van der Waals surface area contributed by atoms with Crippen molar-refractivity contribution in [1.29, 1.82) is 0 Å². The normalized spacial score (nSPS) is 9.50. The fraction of sp³-hybridized carbons (Fsp3) is 1.00. The summed E-state index contributed by atoms with van der Waals surface area (Å²) in [6.07, 6.45) is 10.4. The smallest absolute Gasteiger partial charge is 0.0431 e. The van der Waals surface area contributed by atoms with E-state index in [1.165, 1.54) is 44.9 Å². The molecule has 0 unspecified atom stereocenters. The van der Waals surface area contributed by atoms with E-state index in [1.54, 1.807) is 0 Å². The first-order valence-corrected chi connectivity index (χ1v) is 5.02. The van der Waals surface area contributed by atoms with Crippen LogP contribution in [0.1, 0.15) is 58.3 Å². The standard InChI is InChI=1S/C10H22O.ClH/c1-2-3-4-5-6-7-8-9-10-11;/h11H,2-10H2,1H3;1H. The van der Waals surface area contributed by atoms with Crippen LogP contribution in [0.2, 0.25) is 0 Å².